The summed E-state index contributed by atoms with van der Waals surface area (Å²) >= 11 is 0. The van der Waals surface area contributed by atoms with Crippen LogP contribution < -0.4 is 25.1 Å². The zero-order chi connectivity index (χ0) is 20.5. The Morgan fingerprint density at radius 1 is 0.821 bits per heavy atom. The largest absolute Gasteiger partial charge is 0.493 e. The van der Waals surface area contributed by atoms with Crippen molar-refractivity contribution in [2.45, 2.75) is 0 Å². The SMILES string of the molecule is COc1cc(C(=O)OCC(=O)NNC(=O)c2ccccc2)cc(OC)c1OC. The van der Waals surface area contributed by atoms with Crippen molar-refractivity contribution in [1.82, 2.24) is 10.9 Å². The number of ether oxygens (including phenoxy) is 4. The van der Waals surface area contributed by atoms with Gasteiger partial charge in [-0.25, -0.2) is 4.79 Å². The minimum atomic E-state index is -0.774. The highest BCUT2D eigenvalue weighted by atomic mass is 16.5. The average molecular weight is 388 g/mol. The van der Waals surface area contributed by atoms with Crippen molar-refractivity contribution in [1.29, 1.82) is 0 Å². The quantitative estimate of drug-likeness (QED) is 0.544. The fourth-order valence-corrected chi connectivity index (χ4v) is 2.24. The number of nitrogens with one attached hydrogen (secondary N) is 2. The maximum atomic E-state index is 12.2. The first-order chi connectivity index (χ1) is 13.5. The van der Waals surface area contributed by atoms with Crippen molar-refractivity contribution >= 4 is 17.8 Å². The molecule has 0 fully saturated rings. The number of carbonyl (C=O) groups excluding carboxylic acids is 3. The van der Waals surface area contributed by atoms with Crippen LogP contribution in [0.25, 0.3) is 0 Å². The van der Waals surface area contributed by atoms with E-state index >= 15 is 0 Å². The Morgan fingerprint density at radius 3 is 1.96 bits per heavy atom. The van der Waals surface area contributed by atoms with Crippen LogP contribution in [0.15, 0.2) is 42.5 Å². The molecule has 2 aromatic rings. The molecule has 0 spiro atoms. The maximum Gasteiger partial charge on any atom is 0.338 e. The molecule has 0 aromatic heterocycles. The summed E-state index contributed by atoms with van der Waals surface area (Å²) in [5, 5.41) is 0. The Labute approximate surface area is 161 Å². The van der Waals surface area contributed by atoms with Gasteiger partial charge in [-0.1, -0.05) is 18.2 Å². The van der Waals surface area contributed by atoms with Crippen LogP contribution in [0, 0.1) is 0 Å². The summed E-state index contributed by atoms with van der Waals surface area (Å²) in [5.74, 6) is -1.11. The van der Waals surface area contributed by atoms with E-state index < -0.39 is 24.4 Å². The molecule has 0 radical (unpaired) electrons. The lowest BCUT2D eigenvalue weighted by Crippen LogP contribution is -2.43. The minimum Gasteiger partial charge on any atom is -0.493 e. The summed E-state index contributed by atoms with van der Waals surface area (Å²) in [6, 6.07) is 11.1. The van der Waals surface area contributed by atoms with Gasteiger partial charge < -0.3 is 18.9 Å². The lowest BCUT2D eigenvalue weighted by Gasteiger charge is -2.13. The molecule has 28 heavy (non-hydrogen) atoms. The molecule has 2 aromatic carbocycles. The van der Waals surface area contributed by atoms with Crippen LogP contribution in [0.3, 0.4) is 0 Å². The van der Waals surface area contributed by atoms with Gasteiger partial charge in [-0.15, -0.1) is 0 Å². The number of hydrogen-bond acceptors (Lipinski definition) is 7. The summed E-state index contributed by atoms with van der Waals surface area (Å²) in [7, 11) is 4.26. The van der Waals surface area contributed by atoms with Gasteiger partial charge in [0.15, 0.2) is 18.1 Å². The third-order valence-electron chi connectivity index (χ3n) is 3.59. The predicted octanol–water partition coefficient (Wildman–Crippen LogP) is 1.33. The van der Waals surface area contributed by atoms with Gasteiger partial charge in [-0.3, -0.25) is 20.4 Å². The summed E-state index contributed by atoms with van der Waals surface area (Å²) in [5.41, 5.74) is 4.87. The summed E-state index contributed by atoms with van der Waals surface area (Å²) in [4.78, 5) is 35.8. The van der Waals surface area contributed by atoms with E-state index in [1.807, 2.05) is 0 Å². The number of amides is 2. The van der Waals surface area contributed by atoms with E-state index in [4.69, 9.17) is 18.9 Å². The molecule has 2 rings (SSSR count). The zero-order valence-corrected chi connectivity index (χ0v) is 15.6. The summed E-state index contributed by atoms with van der Waals surface area (Å²) in [6.45, 7) is -0.593. The smallest absolute Gasteiger partial charge is 0.338 e. The van der Waals surface area contributed by atoms with Crippen LogP contribution in [0.4, 0.5) is 0 Å². The van der Waals surface area contributed by atoms with E-state index in [0.717, 1.165) is 0 Å². The molecule has 0 saturated carbocycles. The first-order valence-corrected chi connectivity index (χ1v) is 8.11. The Bertz CT molecular complexity index is 828. The van der Waals surface area contributed by atoms with Gasteiger partial charge in [0.25, 0.3) is 11.8 Å². The number of rotatable bonds is 7. The van der Waals surface area contributed by atoms with E-state index in [1.54, 1.807) is 30.3 Å². The standard InChI is InChI=1S/C19H20N2O7/c1-25-14-9-13(10-15(26-2)17(14)27-3)19(24)28-11-16(22)20-21-18(23)12-7-5-4-6-8-12/h4-10H,11H2,1-3H3,(H,20,22)(H,21,23). The van der Waals surface area contributed by atoms with Gasteiger partial charge in [-0.2, -0.15) is 0 Å². The van der Waals surface area contributed by atoms with Gasteiger partial charge in [-0.05, 0) is 24.3 Å². The Hall–Kier alpha value is -3.75. The molecule has 148 valence electrons. The monoisotopic (exact) mass is 388 g/mol. The normalized spacial score (nSPS) is 9.82. The van der Waals surface area contributed by atoms with E-state index in [2.05, 4.69) is 10.9 Å². The Morgan fingerprint density at radius 2 is 1.43 bits per heavy atom. The number of hydrogen-bond donors (Lipinski definition) is 2. The van der Waals surface area contributed by atoms with Crippen molar-refractivity contribution in [3.63, 3.8) is 0 Å². The minimum absolute atomic E-state index is 0.107. The van der Waals surface area contributed by atoms with Crippen LogP contribution in [0.5, 0.6) is 17.2 Å². The van der Waals surface area contributed by atoms with Crippen LogP contribution in [0.1, 0.15) is 20.7 Å². The fourth-order valence-electron chi connectivity index (χ4n) is 2.24. The third-order valence-corrected chi connectivity index (χ3v) is 3.59. The molecule has 0 atom stereocenters. The molecule has 2 N–H and O–H groups in total. The van der Waals surface area contributed by atoms with Crippen molar-refractivity contribution < 1.29 is 33.3 Å². The topological polar surface area (TPSA) is 112 Å². The molecule has 0 bridgehead atoms. The highest BCUT2D eigenvalue weighted by Crippen LogP contribution is 2.38. The van der Waals surface area contributed by atoms with E-state index in [9.17, 15) is 14.4 Å². The average Bonchev–Trinajstić information content (AvgIpc) is 2.74. The molecular weight excluding hydrogens is 368 g/mol. The van der Waals surface area contributed by atoms with E-state index in [-0.39, 0.29) is 17.1 Å². The maximum absolute atomic E-state index is 12.2. The van der Waals surface area contributed by atoms with Crippen molar-refractivity contribution in [3.05, 3.63) is 53.6 Å². The lowest BCUT2D eigenvalue weighted by atomic mass is 10.2. The second-order valence-corrected chi connectivity index (χ2v) is 5.36. The number of carbonyl (C=O) groups is 3. The number of esters is 1. The highest BCUT2D eigenvalue weighted by Gasteiger charge is 2.18. The van der Waals surface area contributed by atoms with E-state index in [1.165, 1.54) is 33.5 Å². The number of hydrazine groups is 1. The predicted molar refractivity (Wildman–Crippen MR) is 98.4 cm³/mol. The van der Waals surface area contributed by atoms with Crippen LogP contribution >= 0.6 is 0 Å². The molecule has 9 nitrogen and oxygen atoms in total. The summed E-state index contributed by atoms with van der Waals surface area (Å²) in [6.07, 6.45) is 0. The number of benzene rings is 2. The second-order valence-electron chi connectivity index (χ2n) is 5.36. The van der Waals surface area contributed by atoms with Crippen LogP contribution in [0.2, 0.25) is 0 Å². The van der Waals surface area contributed by atoms with Gasteiger partial charge in [0, 0.05) is 5.56 Å². The highest BCUT2D eigenvalue weighted by molar-refractivity contribution is 5.96. The van der Waals surface area contributed by atoms with Gasteiger partial charge in [0.1, 0.15) is 0 Å². The van der Waals surface area contributed by atoms with Gasteiger partial charge in [0.05, 0.1) is 26.9 Å². The van der Waals surface area contributed by atoms with Crippen molar-refractivity contribution in [2.75, 3.05) is 27.9 Å². The van der Waals surface area contributed by atoms with E-state index in [0.29, 0.717) is 11.3 Å². The van der Waals surface area contributed by atoms with Crippen molar-refractivity contribution in [2.24, 2.45) is 0 Å². The first kappa shape index (κ1) is 20.6. The van der Waals surface area contributed by atoms with Gasteiger partial charge in [0.2, 0.25) is 5.75 Å². The molecule has 0 aliphatic heterocycles. The molecule has 0 saturated heterocycles. The third kappa shape index (κ3) is 5.13. The molecule has 0 heterocycles. The second kappa shape index (κ2) is 9.81. The van der Waals surface area contributed by atoms with Crippen LogP contribution in [-0.4, -0.2) is 45.7 Å². The van der Waals surface area contributed by atoms with Crippen molar-refractivity contribution in [3.8, 4) is 17.2 Å². The molecule has 0 unspecified atom stereocenters. The summed E-state index contributed by atoms with van der Waals surface area (Å²) < 4.78 is 20.4. The molecule has 2 amide bonds. The number of methoxy groups -OCH3 is 3. The zero-order valence-electron chi connectivity index (χ0n) is 15.6. The Balaban J connectivity index is 1.92. The molecule has 0 aliphatic carbocycles. The van der Waals surface area contributed by atoms with Crippen LogP contribution in [-0.2, 0) is 9.53 Å². The molecular formula is C19H20N2O7. The Kier molecular flexibility index (Phi) is 7.21. The molecule has 0 aliphatic rings. The fraction of sp³-hybridized carbons (Fsp3) is 0.211. The lowest BCUT2D eigenvalue weighted by molar-refractivity contribution is -0.125. The van der Waals surface area contributed by atoms with Gasteiger partial charge >= 0.3 is 5.97 Å². The first-order valence-electron chi connectivity index (χ1n) is 8.11. The molecule has 9 heteroatoms.